The summed E-state index contributed by atoms with van der Waals surface area (Å²) in [4.78, 5) is 8.13. The summed E-state index contributed by atoms with van der Waals surface area (Å²) in [5, 5.41) is 20.1. The number of hydrogen-bond donors (Lipinski definition) is 2. The summed E-state index contributed by atoms with van der Waals surface area (Å²) in [6.07, 6.45) is 1.24. The molecule has 8 nitrogen and oxygen atoms in total. The molecular formula is C16H14N6O2S. The summed E-state index contributed by atoms with van der Waals surface area (Å²) in [5.74, 6) is 0.00955. The Bertz CT molecular complexity index is 962. The van der Waals surface area contributed by atoms with Crippen molar-refractivity contribution >= 4 is 21.7 Å². The molecule has 0 aliphatic carbocycles. The van der Waals surface area contributed by atoms with Crippen LogP contribution in [0, 0.1) is 36.5 Å². The van der Waals surface area contributed by atoms with Crippen molar-refractivity contribution in [2.45, 2.75) is 18.7 Å². The largest absolute Gasteiger partial charge is 0.360 e. The van der Waals surface area contributed by atoms with Crippen LogP contribution in [0.4, 0.5) is 11.6 Å². The van der Waals surface area contributed by atoms with Crippen LogP contribution >= 0.6 is 0 Å². The maximum Gasteiger partial charge on any atom is 0.264 e. The van der Waals surface area contributed by atoms with E-state index in [0.29, 0.717) is 17.1 Å². The first-order chi connectivity index (χ1) is 11.8. The van der Waals surface area contributed by atoms with Crippen molar-refractivity contribution in [1.82, 2.24) is 9.97 Å². The normalized spacial score (nSPS) is 10.2. The number of sulfonamides is 1. The SMILES string of the molecule is Cc1cc(C)nc(NS(=O)(=O)c2ccc(NC=C(C#N)C#N)cc2)n1. The predicted molar refractivity (Wildman–Crippen MR) is 91.7 cm³/mol. The molecule has 0 bridgehead atoms. The number of rotatable bonds is 5. The standard InChI is InChI=1S/C16H14N6O2S/c1-11-7-12(2)21-16(20-11)22-25(23,24)15-5-3-14(4-6-15)19-10-13(8-17)9-18/h3-7,10,19H,1-2H3,(H,20,21,22). The highest BCUT2D eigenvalue weighted by atomic mass is 32.2. The van der Waals surface area contributed by atoms with E-state index >= 15 is 0 Å². The zero-order valence-corrected chi connectivity index (χ0v) is 14.3. The molecule has 0 atom stereocenters. The summed E-state index contributed by atoms with van der Waals surface area (Å²) >= 11 is 0. The molecule has 2 aromatic rings. The van der Waals surface area contributed by atoms with E-state index in [-0.39, 0.29) is 16.4 Å². The van der Waals surface area contributed by atoms with Gasteiger partial charge >= 0.3 is 0 Å². The van der Waals surface area contributed by atoms with Crippen molar-refractivity contribution in [2.24, 2.45) is 0 Å². The van der Waals surface area contributed by atoms with Gasteiger partial charge in [-0.3, -0.25) is 0 Å². The summed E-state index contributed by atoms with van der Waals surface area (Å²) in [7, 11) is -3.83. The summed E-state index contributed by atoms with van der Waals surface area (Å²) in [6.45, 7) is 3.49. The Morgan fingerprint density at radius 3 is 2.16 bits per heavy atom. The van der Waals surface area contributed by atoms with Crippen LogP contribution in [-0.2, 0) is 10.0 Å². The molecule has 1 heterocycles. The number of aryl methyl sites for hydroxylation is 2. The lowest BCUT2D eigenvalue weighted by atomic mass is 10.3. The maximum atomic E-state index is 12.4. The number of nitrogens with zero attached hydrogens (tertiary/aromatic N) is 4. The number of aromatic nitrogens is 2. The van der Waals surface area contributed by atoms with E-state index in [4.69, 9.17) is 10.5 Å². The Kier molecular flexibility index (Phi) is 5.32. The van der Waals surface area contributed by atoms with Gasteiger partial charge in [-0.2, -0.15) is 10.5 Å². The van der Waals surface area contributed by atoms with E-state index in [1.54, 1.807) is 32.1 Å². The highest BCUT2D eigenvalue weighted by Crippen LogP contribution is 2.17. The highest BCUT2D eigenvalue weighted by Gasteiger charge is 2.16. The Morgan fingerprint density at radius 1 is 1.08 bits per heavy atom. The first-order valence-electron chi connectivity index (χ1n) is 7.06. The average Bonchev–Trinajstić information content (AvgIpc) is 2.55. The molecule has 0 amide bonds. The highest BCUT2D eigenvalue weighted by molar-refractivity contribution is 7.92. The van der Waals surface area contributed by atoms with Gasteiger partial charge in [-0.25, -0.2) is 23.1 Å². The molecule has 0 saturated heterocycles. The fourth-order valence-corrected chi connectivity index (χ4v) is 2.87. The van der Waals surface area contributed by atoms with Gasteiger partial charge in [0.15, 0.2) is 0 Å². The minimum atomic E-state index is -3.83. The molecular weight excluding hydrogens is 340 g/mol. The molecule has 9 heteroatoms. The van der Waals surface area contributed by atoms with Gasteiger partial charge in [0.1, 0.15) is 17.7 Å². The molecule has 0 aliphatic rings. The van der Waals surface area contributed by atoms with Gasteiger partial charge in [0.25, 0.3) is 10.0 Å². The van der Waals surface area contributed by atoms with E-state index in [2.05, 4.69) is 20.0 Å². The van der Waals surface area contributed by atoms with Crippen LogP contribution in [0.1, 0.15) is 11.4 Å². The van der Waals surface area contributed by atoms with E-state index in [1.165, 1.54) is 30.5 Å². The molecule has 0 unspecified atom stereocenters. The monoisotopic (exact) mass is 354 g/mol. The van der Waals surface area contributed by atoms with E-state index < -0.39 is 10.0 Å². The van der Waals surface area contributed by atoms with Crippen LogP contribution in [0.15, 0.2) is 47.0 Å². The number of anilines is 2. The molecule has 0 aliphatic heterocycles. The van der Waals surface area contributed by atoms with E-state index in [9.17, 15) is 8.42 Å². The Hall–Kier alpha value is -3.43. The third kappa shape index (κ3) is 4.77. The maximum absolute atomic E-state index is 12.4. The molecule has 0 saturated carbocycles. The fraction of sp³-hybridized carbons (Fsp3) is 0.125. The van der Waals surface area contributed by atoms with Gasteiger partial charge in [-0.05, 0) is 44.2 Å². The van der Waals surface area contributed by atoms with Crippen molar-refractivity contribution < 1.29 is 8.42 Å². The van der Waals surface area contributed by atoms with E-state index in [0.717, 1.165) is 0 Å². The fourth-order valence-electron chi connectivity index (χ4n) is 1.93. The first-order valence-corrected chi connectivity index (χ1v) is 8.54. The second-order valence-corrected chi connectivity index (χ2v) is 6.71. The van der Waals surface area contributed by atoms with Crippen molar-refractivity contribution in [3.8, 4) is 12.1 Å². The van der Waals surface area contributed by atoms with Gasteiger partial charge in [-0.15, -0.1) is 0 Å². The number of benzene rings is 1. The summed E-state index contributed by atoms with van der Waals surface area (Å²) < 4.78 is 27.1. The van der Waals surface area contributed by atoms with Crippen molar-refractivity contribution in [3.05, 3.63) is 53.5 Å². The average molecular weight is 354 g/mol. The smallest absolute Gasteiger partial charge is 0.264 e. The predicted octanol–water partition coefficient (Wildman–Crippen LogP) is 2.24. The molecule has 126 valence electrons. The number of nitrogens with one attached hydrogen (secondary N) is 2. The van der Waals surface area contributed by atoms with Crippen molar-refractivity contribution in [3.63, 3.8) is 0 Å². The van der Waals surface area contributed by atoms with Gasteiger partial charge in [0.2, 0.25) is 5.95 Å². The number of allylic oxidation sites excluding steroid dienone is 1. The molecule has 0 spiro atoms. The molecule has 0 fully saturated rings. The van der Waals surface area contributed by atoms with Crippen LogP contribution in [0.2, 0.25) is 0 Å². The second kappa shape index (κ2) is 7.43. The van der Waals surface area contributed by atoms with Gasteiger partial charge < -0.3 is 5.32 Å². The molecule has 2 N–H and O–H groups in total. The van der Waals surface area contributed by atoms with Crippen LogP contribution in [0.25, 0.3) is 0 Å². The summed E-state index contributed by atoms with van der Waals surface area (Å²) in [6, 6.07) is 11.0. The second-order valence-electron chi connectivity index (χ2n) is 5.03. The first kappa shape index (κ1) is 17.9. The molecule has 1 aromatic carbocycles. The lowest BCUT2D eigenvalue weighted by Gasteiger charge is -2.08. The molecule has 1 aromatic heterocycles. The quantitative estimate of drug-likeness (QED) is 0.787. The van der Waals surface area contributed by atoms with E-state index in [1.807, 2.05) is 0 Å². The number of hydrogen-bond acceptors (Lipinski definition) is 7. The van der Waals surface area contributed by atoms with Crippen molar-refractivity contribution in [2.75, 3.05) is 10.0 Å². The van der Waals surface area contributed by atoms with Crippen LogP contribution in [0.5, 0.6) is 0 Å². The Labute approximate surface area is 145 Å². The minimum absolute atomic E-state index is 0.00955. The lowest BCUT2D eigenvalue weighted by Crippen LogP contribution is -2.15. The zero-order valence-electron chi connectivity index (χ0n) is 13.5. The van der Waals surface area contributed by atoms with Crippen LogP contribution < -0.4 is 10.0 Å². The van der Waals surface area contributed by atoms with Gasteiger partial charge in [-0.1, -0.05) is 0 Å². The van der Waals surface area contributed by atoms with Gasteiger partial charge in [0.05, 0.1) is 4.90 Å². The Morgan fingerprint density at radius 2 is 1.64 bits per heavy atom. The third-order valence-electron chi connectivity index (χ3n) is 3.00. The zero-order chi connectivity index (χ0) is 18.4. The van der Waals surface area contributed by atoms with Gasteiger partial charge in [0, 0.05) is 23.3 Å². The topological polar surface area (TPSA) is 132 Å². The van der Waals surface area contributed by atoms with Crippen molar-refractivity contribution in [1.29, 1.82) is 10.5 Å². The Balaban J connectivity index is 2.19. The van der Waals surface area contributed by atoms with Crippen LogP contribution in [0.3, 0.4) is 0 Å². The summed E-state index contributed by atoms with van der Waals surface area (Å²) in [5.41, 5.74) is 1.75. The minimum Gasteiger partial charge on any atom is -0.360 e. The lowest BCUT2D eigenvalue weighted by molar-refractivity contribution is 0.601. The molecule has 0 radical (unpaired) electrons. The molecule has 25 heavy (non-hydrogen) atoms. The molecule has 2 rings (SSSR count). The van der Waals surface area contributed by atoms with Crippen LogP contribution in [-0.4, -0.2) is 18.4 Å². The number of nitriles is 2. The third-order valence-corrected chi connectivity index (χ3v) is 4.34.